The molecule has 0 radical (unpaired) electrons. The number of alkyl halides is 3. The normalized spacial score (nSPS) is 13.8. The highest BCUT2D eigenvalue weighted by Crippen LogP contribution is 2.31. The molecule has 1 aliphatic heterocycles. The lowest BCUT2D eigenvalue weighted by molar-refractivity contribution is -0.137. The van der Waals surface area contributed by atoms with Crippen LogP contribution in [0.1, 0.15) is 30.7 Å². The van der Waals surface area contributed by atoms with Crippen molar-refractivity contribution in [3.05, 3.63) is 64.2 Å². The summed E-state index contributed by atoms with van der Waals surface area (Å²) >= 11 is 0. The Balaban J connectivity index is 1.56. The molecular formula is C23H21F3N4O3. The van der Waals surface area contributed by atoms with Gasteiger partial charge in [-0.1, -0.05) is 12.5 Å². The minimum absolute atomic E-state index is 0.0753. The predicted molar refractivity (Wildman–Crippen MR) is 117 cm³/mol. The van der Waals surface area contributed by atoms with Gasteiger partial charge >= 0.3 is 18.0 Å². The smallest absolute Gasteiger partial charge is 0.318 e. The molecule has 2 amide bonds. The fraction of sp³-hybridized carbons (Fsp3) is 0.304. The number of amides is 2. The molecule has 4 rings (SSSR count). The number of hydrogen-bond donors (Lipinski definition) is 1. The third-order valence-electron chi connectivity index (χ3n) is 5.63. The number of anilines is 2. The highest BCUT2D eigenvalue weighted by molar-refractivity contribution is 6.44. The summed E-state index contributed by atoms with van der Waals surface area (Å²) in [4.78, 5) is 43.4. The highest BCUT2D eigenvalue weighted by atomic mass is 19.4. The maximum atomic E-state index is 13.0. The number of aryl methyl sites for hydroxylation is 1. The van der Waals surface area contributed by atoms with Gasteiger partial charge in [0.25, 0.3) is 5.56 Å². The summed E-state index contributed by atoms with van der Waals surface area (Å²) in [5.41, 5.74) is -0.499. The van der Waals surface area contributed by atoms with Crippen LogP contribution in [0.4, 0.5) is 24.5 Å². The van der Waals surface area contributed by atoms with Crippen LogP contribution in [0.3, 0.4) is 0 Å². The van der Waals surface area contributed by atoms with Crippen molar-refractivity contribution in [3.63, 3.8) is 0 Å². The van der Waals surface area contributed by atoms with Crippen LogP contribution >= 0.6 is 0 Å². The molecule has 0 spiro atoms. The number of benzene rings is 2. The zero-order valence-corrected chi connectivity index (χ0v) is 17.8. The Kier molecular flexibility index (Phi) is 5.92. The first-order chi connectivity index (χ1) is 15.6. The van der Waals surface area contributed by atoms with E-state index in [1.54, 1.807) is 10.6 Å². The summed E-state index contributed by atoms with van der Waals surface area (Å²) < 4.78 is 40.5. The third kappa shape index (κ3) is 4.59. The fourth-order valence-electron chi connectivity index (χ4n) is 3.84. The molecule has 3 aromatic rings. The van der Waals surface area contributed by atoms with Gasteiger partial charge in [-0.2, -0.15) is 13.2 Å². The van der Waals surface area contributed by atoms with Gasteiger partial charge in [0.1, 0.15) is 5.82 Å². The molecule has 1 aliphatic rings. The average Bonchev–Trinajstić information content (AvgIpc) is 3.04. The van der Waals surface area contributed by atoms with Crippen LogP contribution in [0.15, 0.2) is 47.3 Å². The maximum absolute atomic E-state index is 13.0. The van der Waals surface area contributed by atoms with Gasteiger partial charge in [-0.3, -0.25) is 19.0 Å². The van der Waals surface area contributed by atoms with Crippen molar-refractivity contribution in [1.82, 2.24) is 9.55 Å². The molecule has 0 unspecified atom stereocenters. The summed E-state index contributed by atoms with van der Waals surface area (Å²) in [5, 5.41) is 2.74. The van der Waals surface area contributed by atoms with Gasteiger partial charge in [0.2, 0.25) is 0 Å². The number of hydrogen-bond acceptors (Lipinski definition) is 4. The van der Waals surface area contributed by atoms with E-state index in [4.69, 9.17) is 0 Å². The van der Waals surface area contributed by atoms with E-state index in [2.05, 4.69) is 10.3 Å². The molecule has 0 saturated carbocycles. The summed E-state index contributed by atoms with van der Waals surface area (Å²) in [6.07, 6.45) is -0.990. The van der Waals surface area contributed by atoms with Crippen LogP contribution in [0.2, 0.25) is 0 Å². The SMILES string of the molecule is CN(C(=O)C(=O)Nc1ccc2nc3n(c(=O)c2c1)CCCCC3)c1cccc(C(F)(F)F)c1. The molecule has 0 atom stereocenters. The Morgan fingerprint density at radius 2 is 1.88 bits per heavy atom. The van der Waals surface area contributed by atoms with E-state index in [0.29, 0.717) is 17.4 Å². The molecule has 33 heavy (non-hydrogen) atoms. The van der Waals surface area contributed by atoms with Crippen LogP contribution in [0, 0.1) is 0 Å². The van der Waals surface area contributed by atoms with E-state index in [1.165, 1.54) is 25.2 Å². The molecule has 1 aromatic heterocycles. The number of nitrogens with one attached hydrogen (secondary N) is 1. The second-order valence-electron chi connectivity index (χ2n) is 7.89. The highest BCUT2D eigenvalue weighted by Gasteiger charge is 2.31. The predicted octanol–water partition coefficient (Wildman–Crippen LogP) is 3.74. The van der Waals surface area contributed by atoms with Crippen LogP contribution in [-0.4, -0.2) is 28.4 Å². The molecule has 1 N–H and O–H groups in total. The number of nitrogens with zero attached hydrogens (tertiary/aromatic N) is 3. The van der Waals surface area contributed by atoms with E-state index in [0.717, 1.165) is 54.6 Å². The Morgan fingerprint density at radius 1 is 1.09 bits per heavy atom. The van der Waals surface area contributed by atoms with Gasteiger partial charge in [0, 0.05) is 31.4 Å². The van der Waals surface area contributed by atoms with E-state index >= 15 is 0 Å². The molecule has 0 bridgehead atoms. The van der Waals surface area contributed by atoms with Crippen LogP contribution in [0.25, 0.3) is 10.9 Å². The Labute approximate surface area is 186 Å². The van der Waals surface area contributed by atoms with Crippen molar-refractivity contribution in [2.75, 3.05) is 17.3 Å². The number of halogens is 3. The quantitative estimate of drug-likeness (QED) is 0.593. The second kappa shape index (κ2) is 8.68. The number of carbonyl (C=O) groups is 2. The summed E-state index contributed by atoms with van der Waals surface area (Å²) in [6, 6.07) is 8.71. The number of rotatable bonds is 2. The van der Waals surface area contributed by atoms with Crippen molar-refractivity contribution in [1.29, 1.82) is 0 Å². The van der Waals surface area contributed by atoms with E-state index in [9.17, 15) is 27.6 Å². The molecule has 0 fully saturated rings. The average molecular weight is 458 g/mol. The van der Waals surface area contributed by atoms with Gasteiger partial charge in [-0.15, -0.1) is 0 Å². The lowest BCUT2D eigenvalue weighted by Gasteiger charge is -2.18. The van der Waals surface area contributed by atoms with Gasteiger partial charge < -0.3 is 10.2 Å². The number of aromatic nitrogens is 2. The topological polar surface area (TPSA) is 84.3 Å². The van der Waals surface area contributed by atoms with Gasteiger partial charge in [-0.25, -0.2) is 4.98 Å². The lowest BCUT2D eigenvalue weighted by Crippen LogP contribution is -2.37. The Bertz CT molecular complexity index is 1300. The zero-order chi connectivity index (χ0) is 23.8. The minimum Gasteiger partial charge on any atom is -0.318 e. The van der Waals surface area contributed by atoms with Crippen molar-refractivity contribution in [2.24, 2.45) is 0 Å². The Morgan fingerprint density at radius 3 is 2.64 bits per heavy atom. The summed E-state index contributed by atoms with van der Waals surface area (Å²) in [6.45, 7) is 0.577. The number of carbonyl (C=O) groups excluding carboxylic acids is 2. The fourth-order valence-corrected chi connectivity index (χ4v) is 3.84. The van der Waals surface area contributed by atoms with E-state index < -0.39 is 23.6 Å². The minimum atomic E-state index is -4.58. The van der Waals surface area contributed by atoms with Crippen molar-refractivity contribution in [2.45, 2.75) is 38.4 Å². The van der Waals surface area contributed by atoms with Crippen LogP contribution < -0.4 is 15.8 Å². The van der Waals surface area contributed by atoms with Crippen molar-refractivity contribution in [3.8, 4) is 0 Å². The third-order valence-corrected chi connectivity index (χ3v) is 5.63. The number of fused-ring (bicyclic) bond motifs is 2. The first-order valence-corrected chi connectivity index (χ1v) is 10.4. The standard InChI is InChI=1S/C23H21F3N4O3/c1-29(16-7-5-6-14(12-16)23(24,25)26)22(33)20(31)27-15-9-10-18-17(13-15)21(32)30-11-4-2-3-8-19(30)28-18/h5-7,9-10,12-13H,2-4,8,11H2,1H3,(H,27,31). The molecule has 0 aliphatic carbocycles. The van der Waals surface area contributed by atoms with Gasteiger partial charge in [0.05, 0.1) is 16.5 Å². The molecule has 172 valence electrons. The van der Waals surface area contributed by atoms with Gasteiger partial charge in [-0.05, 0) is 49.2 Å². The molecule has 0 saturated heterocycles. The molecule has 7 nitrogen and oxygen atoms in total. The van der Waals surface area contributed by atoms with Crippen LogP contribution in [-0.2, 0) is 28.7 Å². The molecular weight excluding hydrogens is 437 g/mol. The zero-order valence-electron chi connectivity index (χ0n) is 17.8. The first-order valence-electron chi connectivity index (χ1n) is 10.4. The molecule has 10 heteroatoms. The van der Waals surface area contributed by atoms with Crippen LogP contribution in [0.5, 0.6) is 0 Å². The lowest BCUT2D eigenvalue weighted by atomic mass is 10.2. The van der Waals surface area contributed by atoms with E-state index in [-0.39, 0.29) is 16.9 Å². The second-order valence-corrected chi connectivity index (χ2v) is 7.89. The molecule has 2 heterocycles. The first kappa shape index (κ1) is 22.5. The van der Waals surface area contributed by atoms with Crippen molar-refractivity contribution < 1.29 is 22.8 Å². The maximum Gasteiger partial charge on any atom is 0.416 e. The Hall–Kier alpha value is -3.69. The summed E-state index contributed by atoms with van der Waals surface area (Å²) in [5.74, 6) is -1.36. The van der Waals surface area contributed by atoms with E-state index in [1.807, 2.05) is 0 Å². The monoisotopic (exact) mass is 458 g/mol. The van der Waals surface area contributed by atoms with Crippen molar-refractivity contribution >= 4 is 34.1 Å². The largest absolute Gasteiger partial charge is 0.416 e. The van der Waals surface area contributed by atoms with Gasteiger partial charge in [0.15, 0.2) is 0 Å². The molecule has 2 aromatic carbocycles. The summed E-state index contributed by atoms with van der Waals surface area (Å²) in [7, 11) is 1.21. The number of likely N-dealkylation sites (N-methyl/N-ethyl adjacent to an activating group) is 1.